The summed E-state index contributed by atoms with van der Waals surface area (Å²) in [5.74, 6) is 1.56. The van der Waals surface area contributed by atoms with Crippen LogP contribution in [-0.2, 0) is 0 Å². The Labute approximate surface area is 110 Å². The van der Waals surface area contributed by atoms with E-state index in [0.29, 0.717) is 0 Å². The molecule has 1 saturated carbocycles. The molecule has 2 fully saturated rings. The van der Waals surface area contributed by atoms with E-state index < -0.39 is 0 Å². The molecule has 0 radical (unpaired) electrons. The van der Waals surface area contributed by atoms with Gasteiger partial charge in [0.05, 0.1) is 0 Å². The van der Waals surface area contributed by atoms with E-state index in [1.165, 1.54) is 43.7 Å². The Kier molecular flexibility index (Phi) is 2.94. The zero-order valence-electron chi connectivity index (χ0n) is 11.4. The van der Waals surface area contributed by atoms with Crippen LogP contribution in [0.1, 0.15) is 24.3 Å². The average Bonchev–Trinajstić information content (AvgIpc) is 3.07. The van der Waals surface area contributed by atoms with Crippen molar-refractivity contribution >= 4 is 11.4 Å². The van der Waals surface area contributed by atoms with Gasteiger partial charge >= 0.3 is 0 Å². The van der Waals surface area contributed by atoms with Crippen LogP contribution in [0.15, 0.2) is 18.2 Å². The van der Waals surface area contributed by atoms with E-state index >= 15 is 0 Å². The molecule has 0 atom stereocenters. The largest absolute Gasteiger partial charge is 0.398 e. The maximum atomic E-state index is 6.06. The molecule has 0 unspecified atom stereocenters. The number of nitrogen functional groups attached to an aromatic ring is 1. The zero-order chi connectivity index (χ0) is 12.7. The van der Waals surface area contributed by atoms with E-state index in [2.05, 4.69) is 42.1 Å². The van der Waals surface area contributed by atoms with E-state index in [1.807, 2.05) is 0 Å². The second-order valence-corrected chi connectivity index (χ2v) is 6.12. The molecule has 0 aromatic heterocycles. The molecule has 2 aliphatic rings. The first-order valence-electron chi connectivity index (χ1n) is 6.92. The second-order valence-electron chi connectivity index (χ2n) is 6.12. The highest BCUT2D eigenvalue weighted by molar-refractivity contribution is 5.61. The monoisotopic (exact) mass is 245 g/mol. The van der Waals surface area contributed by atoms with Crippen LogP contribution in [0.3, 0.4) is 0 Å². The third kappa shape index (κ3) is 2.32. The van der Waals surface area contributed by atoms with Crippen LogP contribution in [0.2, 0.25) is 0 Å². The molecule has 3 rings (SSSR count). The first-order chi connectivity index (χ1) is 8.63. The standard InChI is InChI=1S/C15H23N3/c1-17(2)8-11-9-18(10-11)13-5-6-15(16)14(7-13)12-3-4-12/h5-7,11-12H,3-4,8-10,16H2,1-2H3. The van der Waals surface area contributed by atoms with Gasteiger partial charge in [-0.2, -0.15) is 0 Å². The molecule has 0 bridgehead atoms. The van der Waals surface area contributed by atoms with Gasteiger partial charge in [-0.25, -0.2) is 0 Å². The van der Waals surface area contributed by atoms with Crippen LogP contribution in [0.5, 0.6) is 0 Å². The summed E-state index contributed by atoms with van der Waals surface area (Å²) < 4.78 is 0. The van der Waals surface area contributed by atoms with Gasteiger partial charge in [-0.05, 0) is 56.6 Å². The van der Waals surface area contributed by atoms with Crippen molar-refractivity contribution in [2.75, 3.05) is 44.4 Å². The predicted molar refractivity (Wildman–Crippen MR) is 77.1 cm³/mol. The lowest BCUT2D eigenvalue weighted by atomic mass is 9.97. The number of rotatable bonds is 4. The fraction of sp³-hybridized carbons (Fsp3) is 0.600. The van der Waals surface area contributed by atoms with Crippen molar-refractivity contribution in [2.45, 2.75) is 18.8 Å². The molecule has 18 heavy (non-hydrogen) atoms. The summed E-state index contributed by atoms with van der Waals surface area (Å²) in [5.41, 5.74) is 9.78. The Morgan fingerprint density at radius 3 is 2.61 bits per heavy atom. The summed E-state index contributed by atoms with van der Waals surface area (Å²) in [7, 11) is 4.30. The molecule has 1 aromatic rings. The quantitative estimate of drug-likeness (QED) is 0.825. The Hall–Kier alpha value is -1.22. The van der Waals surface area contributed by atoms with E-state index in [0.717, 1.165) is 17.5 Å². The van der Waals surface area contributed by atoms with Crippen LogP contribution in [0.4, 0.5) is 11.4 Å². The Morgan fingerprint density at radius 1 is 1.28 bits per heavy atom. The van der Waals surface area contributed by atoms with Gasteiger partial charge in [-0.3, -0.25) is 0 Å². The molecule has 1 aliphatic heterocycles. The fourth-order valence-corrected chi connectivity index (χ4v) is 2.92. The number of anilines is 2. The highest BCUT2D eigenvalue weighted by Crippen LogP contribution is 2.44. The van der Waals surface area contributed by atoms with Crippen LogP contribution >= 0.6 is 0 Å². The van der Waals surface area contributed by atoms with Crippen molar-refractivity contribution in [3.8, 4) is 0 Å². The van der Waals surface area contributed by atoms with Crippen LogP contribution in [0, 0.1) is 5.92 Å². The topological polar surface area (TPSA) is 32.5 Å². The van der Waals surface area contributed by atoms with Crippen molar-refractivity contribution in [1.29, 1.82) is 0 Å². The summed E-state index contributed by atoms with van der Waals surface area (Å²) in [6.07, 6.45) is 2.63. The molecule has 2 N–H and O–H groups in total. The molecule has 3 heteroatoms. The van der Waals surface area contributed by atoms with Gasteiger partial charge in [-0.15, -0.1) is 0 Å². The Morgan fingerprint density at radius 2 is 2.00 bits per heavy atom. The molecule has 3 nitrogen and oxygen atoms in total. The number of hydrogen-bond donors (Lipinski definition) is 1. The predicted octanol–water partition coefficient (Wildman–Crippen LogP) is 2.14. The lowest BCUT2D eigenvalue weighted by molar-refractivity contribution is 0.283. The average molecular weight is 245 g/mol. The van der Waals surface area contributed by atoms with Gasteiger partial charge < -0.3 is 15.5 Å². The van der Waals surface area contributed by atoms with Crippen molar-refractivity contribution < 1.29 is 0 Å². The molecule has 0 spiro atoms. The maximum absolute atomic E-state index is 6.06. The SMILES string of the molecule is CN(C)CC1CN(c2ccc(N)c(C3CC3)c2)C1. The van der Waals surface area contributed by atoms with E-state index in [4.69, 9.17) is 5.73 Å². The first-order valence-corrected chi connectivity index (χ1v) is 6.92. The Balaban J connectivity index is 1.65. The number of benzene rings is 1. The van der Waals surface area contributed by atoms with Gasteiger partial charge in [0, 0.05) is 36.9 Å². The fourth-order valence-electron chi connectivity index (χ4n) is 2.92. The van der Waals surface area contributed by atoms with E-state index in [-0.39, 0.29) is 0 Å². The highest BCUT2D eigenvalue weighted by atomic mass is 15.2. The number of nitrogens with zero attached hydrogens (tertiary/aromatic N) is 2. The molecular formula is C15H23N3. The summed E-state index contributed by atoms with van der Waals surface area (Å²) in [4.78, 5) is 4.75. The van der Waals surface area contributed by atoms with Crippen LogP contribution in [0.25, 0.3) is 0 Å². The second kappa shape index (κ2) is 4.47. The minimum atomic E-state index is 0.740. The summed E-state index contributed by atoms with van der Waals surface area (Å²) in [5, 5.41) is 0. The van der Waals surface area contributed by atoms with Crippen LogP contribution < -0.4 is 10.6 Å². The lowest BCUT2D eigenvalue weighted by Gasteiger charge is -2.42. The molecule has 1 saturated heterocycles. The smallest absolute Gasteiger partial charge is 0.0370 e. The van der Waals surface area contributed by atoms with Crippen molar-refractivity contribution in [3.63, 3.8) is 0 Å². The third-order valence-electron chi connectivity index (χ3n) is 4.03. The van der Waals surface area contributed by atoms with Crippen molar-refractivity contribution in [2.24, 2.45) is 5.92 Å². The molecule has 1 heterocycles. The van der Waals surface area contributed by atoms with Gasteiger partial charge in [0.25, 0.3) is 0 Å². The lowest BCUT2D eigenvalue weighted by Crippen LogP contribution is -2.50. The summed E-state index contributed by atoms with van der Waals surface area (Å²) in [6.45, 7) is 3.57. The number of hydrogen-bond acceptors (Lipinski definition) is 3. The highest BCUT2D eigenvalue weighted by Gasteiger charge is 2.30. The van der Waals surface area contributed by atoms with E-state index in [9.17, 15) is 0 Å². The van der Waals surface area contributed by atoms with Gasteiger partial charge in [-0.1, -0.05) is 0 Å². The summed E-state index contributed by atoms with van der Waals surface area (Å²) in [6, 6.07) is 6.58. The third-order valence-corrected chi connectivity index (χ3v) is 4.03. The summed E-state index contributed by atoms with van der Waals surface area (Å²) >= 11 is 0. The molecule has 1 aliphatic carbocycles. The molecule has 1 aromatic carbocycles. The van der Waals surface area contributed by atoms with Gasteiger partial charge in [0.15, 0.2) is 0 Å². The molecule has 98 valence electrons. The van der Waals surface area contributed by atoms with Gasteiger partial charge in [0.1, 0.15) is 0 Å². The first kappa shape index (κ1) is 11.8. The van der Waals surface area contributed by atoms with Gasteiger partial charge in [0.2, 0.25) is 0 Å². The van der Waals surface area contributed by atoms with E-state index in [1.54, 1.807) is 0 Å². The van der Waals surface area contributed by atoms with Crippen molar-refractivity contribution in [3.05, 3.63) is 23.8 Å². The van der Waals surface area contributed by atoms with Crippen molar-refractivity contribution in [1.82, 2.24) is 4.90 Å². The maximum Gasteiger partial charge on any atom is 0.0370 e. The molecular weight excluding hydrogens is 222 g/mol. The minimum absolute atomic E-state index is 0.740. The normalized spacial score (nSPS) is 20.3. The Bertz CT molecular complexity index is 431. The van der Waals surface area contributed by atoms with Crippen LogP contribution in [-0.4, -0.2) is 38.6 Å². The minimum Gasteiger partial charge on any atom is -0.398 e. The number of nitrogens with two attached hydrogens (primary N) is 1. The molecule has 0 amide bonds. The zero-order valence-corrected chi connectivity index (χ0v) is 11.4.